The van der Waals surface area contributed by atoms with Crippen LogP contribution in [0.2, 0.25) is 0 Å². The van der Waals surface area contributed by atoms with Crippen LogP contribution in [0.15, 0.2) is 23.8 Å². The number of hydrogen-bond acceptors (Lipinski definition) is 1. The van der Waals surface area contributed by atoms with E-state index in [-0.39, 0.29) is 16.6 Å². The second-order valence-corrected chi connectivity index (χ2v) is 6.16. The Morgan fingerprint density at radius 3 is 1.67 bits per heavy atom. The molecule has 0 aromatic heterocycles. The lowest BCUT2D eigenvalue weighted by atomic mass is 9.81. The topological polar surface area (TPSA) is 17.1 Å². The van der Waals surface area contributed by atoms with Gasteiger partial charge in [-0.05, 0) is 29.4 Å². The Morgan fingerprint density at radius 2 is 1.40 bits per heavy atom. The summed E-state index contributed by atoms with van der Waals surface area (Å²) < 4.78 is 0. The zero-order chi connectivity index (χ0) is 12.3. The molecule has 0 atom stereocenters. The van der Waals surface area contributed by atoms with Gasteiger partial charge in [0.25, 0.3) is 0 Å². The Hall–Kier alpha value is -0.850. The normalized spacial score (nSPS) is 14.7. The number of allylic oxidation sites excluding steroid dienone is 4. The van der Waals surface area contributed by atoms with Gasteiger partial charge in [-0.25, -0.2) is 0 Å². The number of carbonyl (C=O) groups excluding carboxylic acids is 1. The fourth-order valence-electron chi connectivity index (χ4n) is 1.19. The SMILES string of the molecule is CC(=O)/C=C/C(=C\C(C)(C)C)C(C)(C)C. The van der Waals surface area contributed by atoms with E-state index in [4.69, 9.17) is 0 Å². The van der Waals surface area contributed by atoms with Crippen molar-refractivity contribution in [3.05, 3.63) is 23.8 Å². The number of carbonyl (C=O) groups is 1. The van der Waals surface area contributed by atoms with Gasteiger partial charge in [-0.1, -0.05) is 53.7 Å². The first kappa shape index (κ1) is 14.2. The van der Waals surface area contributed by atoms with E-state index in [1.165, 1.54) is 5.57 Å². The highest BCUT2D eigenvalue weighted by atomic mass is 16.1. The van der Waals surface area contributed by atoms with Gasteiger partial charge in [0.2, 0.25) is 0 Å². The average molecular weight is 208 g/mol. The predicted molar refractivity (Wildman–Crippen MR) is 66.8 cm³/mol. The molecule has 86 valence electrons. The van der Waals surface area contributed by atoms with E-state index >= 15 is 0 Å². The van der Waals surface area contributed by atoms with Crippen LogP contribution in [0.25, 0.3) is 0 Å². The molecule has 0 bridgehead atoms. The number of rotatable bonds is 2. The van der Waals surface area contributed by atoms with E-state index in [1.807, 2.05) is 6.08 Å². The molecule has 0 radical (unpaired) electrons. The van der Waals surface area contributed by atoms with E-state index in [0.29, 0.717) is 0 Å². The molecule has 1 nitrogen and oxygen atoms in total. The monoisotopic (exact) mass is 208 g/mol. The van der Waals surface area contributed by atoms with Crippen LogP contribution in [0.5, 0.6) is 0 Å². The molecule has 0 rings (SSSR count). The van der Waals surface area contributed by atoms with Crippen molar-refractivity contribution in [1.29, 1.82) is 0 Å². The first-order valence-corrected chi connectivity index (χ1v) is 5.44. The van der Waals surface area contributed by atoms with Gasteiger partial charge in [0, 0.05) is 0 Å². The molecule has 0 aliphatic carbocycles. The lowest BCUT2D eigenvalue weighted by Crippen LogP contribution is -2.12. The Morgan fingerprint density at radius 1 is 0.933 bits per heavy atom. The summed E-state index contributed by atoms with van der Waals surface area (Å²) >= 11 is 0. The van der Waals surface area contributed by atoms with E-state index in [9.17, 15) is 4.79 Å². The van der Waals surface area contributed by atoms with Gasteiger partial charge in [-0.2, -0.15) is 0 Å². The van der Waals surface area contributed by atoms with Gasteiger partial charge in [-0.15, -0.1) is 0 Å². The summed E-state index contributed by atoms with van der Waals surface area (Å²) in [5.74, 6) is 0.0964. The van der Waals surface area contributed by atoms with Crippen molar-refractivity contribution < 1.29 is 4.79 Å². The van der Waals surface area contributed by atoms with Crippen molar-refractivity contribution in [2.75, 3.05) is 0 Å². The Kier molecular flexibility index (Phi) is 4.51. The molecular weight excluding hydrogens is 184 g/mol. The molecule has 0 aliphatic rings. The lowest BCUT2D eigenvalue weighted by Gasteiger charge is -2.24. The summed E-state index contributed by atoms with van der Waals surface area (Å²) in [6.45, 7) is 14.6. The minimum Gasteiger partial charge on any atom is -0.295 e. The van der Waals surface area contributed by atoms with Gasteiger partial charge >= 0.3 is 0 Å². The fraction of sp³-hybridized carbons (Fsp3) is 0.643. The lowest BCUT2D eigenvalue weighted by molar-refractivity contribution is -0.112. The summed E-state index contributed by atoms with van der Waals surface area (Å²) in [5, 5.41) is 0. The van der Waals surface area contributed by atoms with Crippen molar-refractivity contribution in [1.82, 2.24) is 0 Å². The molecular formula is C14H24O. The third kappa shape index (κ3) is 7.12. The van der Waals surface area contributed by atoms with Gasteiger partial charge in [-0.3, -0.25) is 4.79 Å². The van der Waals surface area contributed by atoms with E-state index in [2.05, 4.69) is 47.6 Å². The van der Waals surface area contributed by atoms with Crippen molar-refractivity contribution in [3.63, 3.8) is 0 Å². The fourth-order valence-corrected chi connectivity index (χ4v) is 1.19. The minimum atomic E-state index is 0.0826. The standard InChI is InChI=1S/C14H24O/c1-11(15)8-9-12(14(5,6)7)10-13(2,3)4/h8-10H,1-7H3/b9-8+,12-10+. The molecule has 0 heterocycles. The largest absolute Gasteiger partial charge is 0.295 e. The predicted octanol–water partition coefficient (Wildman–Crippen LogP) is 4.15. The van der Waals surface area contributed by atoms with E-state index in [0.717, 1.165) is 0 Å². The molecule has 0 spiro atoms. The zero-order valence-corrected chi connectivity index (χ0v) is 11.1. The number of hydrogen-bond donors (Lipinski definition) is 0. The Bertz CT molecular complexity index is 279. The second-order valence-electron chi connectivity index (χ2n) is 6.16. The molecule has 0 aromatic carbocycles. The van der Waals surface area contributed by atoms with Crippen LogP contribution in [0.3, 0.4) is 0 Å². The summed E-state index contributed by atoms with van der Waals surface area (Å²) in [7, 11) is 0. The summed E-state index contributed by atoms with van der Waals surface area (Å²) in [6.07, 6.45) is 5.81. The second kappa shape index (κ2) is 4.78. The highest BCUT2D eigenvalue weighted by Gasteiger charge is 2.17. The molecule has 0 N–H and O–H groups in total. The van der Waals surface area contributed by atoms with Crippen LogP contribution in [0.4, 0.5) is 0 Å². The van der Waals surface area contributed by atoms with Gasteiger partial charge in [0.15, 0.2) is 5.78 Å². The third-order valence-electron chi connectivity index (χ3n) is 1.95. The molecule has 0 aromatic rings. The van der Waals surface area contributed by atoms with Crippen molar-refractivity contribution in [3.8, 4) is 0 Å². The molecule has 0 saturated carbocycles. The maximum Gasteiger partial charge on any atom is 0.152 e. The number of ketones is 1. The van der Waals surface area contributed by atoms with Gasteiger partial charge in [0.05, 0.1) is 0 Å². The zero-order valence-electron chi connectivity index (χ0n) is 11.1. The quantitative estimate of drug-likeness (QED) is 0.492. The van der Waals surface area contributed by atoms with Crippen LogP contribution >= 0.6 is 0 Å². The molecule has 0 fully saturated rings. The smallest absolute Gasteiger partial charge is 0.152 e. The van der Waals surface area contributed by atoms with Gasteiger partial charge in [0.1, 0.15) is 0 Å². The van der Waals surface area contributed by atoms with Crippen molar-refractivity contribution in [2.45, 2.75) is 48.5 Å². The van der Waals surface area contributed by atoms with Gasteiger partial charge < -0.3 is 0 Å². The van der Waals surface area contributed by atoms with E-state index < -0.39 is 0 Å². The summed E-state index contributed by atoms with van der Waals surface area (Å²) in [5.41, 5.74) is 1.44. The molecule has 15 heavy (non-hydrogen) atoms. The Labute approximate surface area is 94.3 Å². The average Bonchev–Trinajstić information content (AvgIpc) is 1.93. The first-order valence-electron chi connectivity index (χ1n) is 5.44. The minimum absolute atomic E-state index is 0.0826. The highest BCUT2D eigenvalue weighted by molar-refractivity contribution is 5.87. The van der Waals surface area contributed by atoms with Crippen LogP contribution in [-0.4, -0.2) is 5.78 Å². The third-order valence-corrected chi connectivity index (χ3v) is 1.95. The maximum absolute atomic E-state index is 10.9. The van der Waals surface area contributed by atoms with E-state index in [1.54, 1.807) is 13.0 Å². The molecule has 0 saturated heterocycles. The summed E-state index contributed by atoms with van der Waals surface area (Å²) in [4.78, 5) is 10.9. The Balaban J connectivity index is 5.10. The van der Waals surface area contributed by atoms with Crippen LogP contribution < -0.4 is 0 Å². The molecule has 1 heteroatoms. The van der Waals surface area contributed by atoms with Crippen molar-refractivity contribution >= 4 is 5.78 Å². The molecule has 0 aliphatic heterocycles. The molecule has 0 unspecified atom stereocenters. The first-order chi connectivity index (χ1) is 6.52. The van der Waals surface area contributed by atoms with Crippen LogP contribution in [0, 0.1) is 10.8 Å². The highest BCUT2D eigenvalue weighted by Crippen LogP contribution is 2.30. The summed E-state index contributed by atoms with van der Waals surface area (Å²) in [6, 6.07) is 0. The maximum atomic E-state index is 10.9. The molecule has 0 amide bonds. The van der Waals surface area contributed by atoms with Crippen LogP contribution in [-0.2, 0) is 4.79 Å². The van der Waals surface area contributed by atoms with Crippen molar-refractivity contribution in [2.24, 2.45) is 10.8 Å². The van der Waals surface area contributed by atoms with Crippen LogP contribution in [0.1, 0.15) is 48.5 Å².